The van der Waals surface area contributed by atoms with Crippen molar-refractivity contribution in [3.05, 3.63) is 97.1 Å². The van der Waals surface area contributed by atoms with Gasteiger partial charge in [0.25, 0.3) is 0 Å². The van der Waals surface area contributed by atoms with Crippen molar-refractivity contribution in [2.45, 2.75) is 107 Å². The molecule has 1 radical (unpaired) electrons. The number of nitrogens with zero attached hydrogens (tertiary/aromatic N) is 8. The van der Waals surface area contributed by atoms with Gasteiger partial charge in [-0.05, 0) is 51.4 Å². The Morgan fingerprint density at radius 3 is 0.596 bits per heavy atom. The van der Waals surface area contributed by atoms with Crippen molar-refractivity contribution in [1.29, 1.82) is 0 Å². The molecule has 459 valence electrons. The summed E-state index contributed by atoms with van der Waals surface area (Å²) in [5, 5.41) is 9.02. The molecular weight excluding hydrogens is 1170 g/mol. The van der Waals surface area contributed by atoms with Crippen LogP contribution >= 0.6 is 0 Å². The number of hydrogen-bond donors (Lipinski definition) is 0. The molecule has 2 aliphatic rings. The third-order valence-corrected chi connectivity index (χ3v) is 15.6. The van der Waals surface area contributed by atoms with Crippen LogP contribution in [0.2, 0.25) is 0 Å². The van der Waals surface area contributed by atoms with E-state index in [4.69, 9.17) is 77.8 Å². The maximum Gasteiger partial charge on any atom is 2.00 e. The Hall–Kier alpha value is -8.92. The molecule has 8 aromatic carbocycles. The standard InChI is InChI=1S/C72H72N8O8.Cu/c1-9-33-81-57-41-25-17-18-26-42(41)58(82-34-10-2)50-49(57)65-73-66(50)78-68-53-54(62(86-38-14-6)46-30-22-21-29-45(46)61(53)85-37-13-5)70(75-68)80-72-56-55(63(87-39-15-7)47-31-23-24-32-48(47)64(56)88-40-16-8)71(76-72)79-69-52-51(67(74-69)77-65)59(83-35-11-3)43-27-19-20-28-44(43)60(52)84-36-12-4;/h17-32H,9-16,33-40H2,1-8H3;/q-2;+2. The third-order valence-electron chi connectivity index (χ3n) is 15.6. The Kier molecular flexibility index (Phi) is 17.9. The molecule has 0 atom stereocenters. The van der Waals surface area contributed by atoms with E-state index in [2.05, 4.69) is 104 Å². The van der Waals surface area contributed by atoms with Gasteiger partial charge in [-0.3, -0.25) is 0 Å². The van der Waals surface area contributed by atoms with Gasteiger partial charge in [0.1, 0.15) is 46.0 Å². The maximum atomic E-state index is 6.96. The second-order valence-electron chi connectivity index (χ2n) is 22.1. The summed E-state index contributed by atoms with van der Waals surface area (Å²) in [6.07, 6.45) is 5.88. The summed E-state index contributed by atoms with van der Waals surface area (Å²) in [4.78, 5) is 44.9. The first-order valence-corrected chi connectivity index (χ1v) is 31.5. The second kappa shape index (κ2) is 26.4. The summed E-state index contributed by atoms with van der Waals surface area (Å²) in [6, 6.07) is 32.5. The van der Waals surface area contributed by atoms with Crippen LogP contribution in [0.5, 0.6) is 46.0 Å². The van der Waals surface area contributed by atoms with E-state index in [1.54, 1.807) is 0 Å². The van der Waals surface area contributed by atoms with E-state index in [9.17, 15) is 0 Å². The molecule has 5 heterocycles. The second-order valence-corrected chi connectivity index (χ2v) is 22.1. The van der Waals surface area contributed by atoms with Crippen molar-refractivity contribution >= 4 is 87.2 Å². The Bertz CT molecular complexity index is 4110. The van der Waals surface area contributed by atoms with Crippen molar-refractivity contribution in [2.75, 3.05) is 52.9 Å². The van der Waals surface area contributed by atoms with Gasteiger partial charge >= 0.3 is 17.1 Å². The average molecular weight is 1240 g/mol. The van der Waals surface area contributed by atoms with Gasteiger partial charge in [-0.25, -0.2) is 9.97 Å². The fourth-order valence-corrected chi connectivity index (χ4v) is 11.9. The fourth-order valence-electron chi connectivity index (χ4n) is 11.9. The molecule has 2 aliphatic heterocycles. The van der Waals surface area contributed by atoms with E-state index in [1.807, 2.05) is 48.5 Å². The molecule has 0 saturated carbocycles. The predicted octanol–water partition coefficient (Wildman–Crippen LogP) is 17.0. The van der Waals surface area contributed by atoms with Crippen LogP contribution in [-0.4, -0.2) is 82.8 Å². The number of rotatable bonds is 24. The number of hydrogen-bond acceptors (Lipinski definition) is 14. The van der Waals surface area contributed by atoms with Crippen molar-refractivity contribution in [1.82, 2.24) is 39.9 Å². The van der Waals surface area contributed by atoms with Crippen LogP contribution in [0.4, 0.5) is 0 Å². The Morgan fingerprint density at radius 2 is 0.416 bits per heavy atom. The van der Waals surface area contributed by atoms with Gasteiger partial charge in [0.2, 0.25) is 0 Å². The zero-order valence-corrected chi connectivity index (χ0v) is 52.6. The molecule has 11 aromatic rings. The van der Waals surface area contributed by atoms with Gasteiger partial charge < -0.3 is 67.8 Å². The topological polar surface area (TPSA) is 179 Å². The quantitative estimate of drug-likeness (QED) is 0.0521. The van der Waals surface area contributed by atoms with E-state index in [1.165, 1.54) is 0 Å². The molecule has 13 rings (SSSR count). The Labute approximate surface area is 527 Å². The third kappa shape index (κ3) is 10.5. The summed E-state index contributed by atoms with van der Waals surface area (Å²) >= 11 is 0. The van der Waals surface area contributed by atoms with E-state index >= 15 is 0 Å². The van der Waals surface area contributed by atoms with Gasteiger partial charge in [0, 0.05) is 87.2 Å². The summed E-state index contributed by atoms with van der Waals surface area (Å²) in [7, 11) is 0. The molecule has 0 aliphatic carbocycles. The zero-order chi connectivity index (χ0) is 60.4. The summed E-state index contributed by atoms with van der Waals surface area (Å²) in [5.41, 5.74) is 3.51. The molecule has 17 heteroatoms. The smallest absolute Gasteiger partial charge is 0.492 e. The molecular formula is C72H72CuN8O8. The van der Waals surface area contributed by atoms with E-state index in [-0.39, 0.29) is 63.0 Å². The van der Waals surface area contributed by atoms with Crippen molar-refractivity contribution < 1.29 is 55.0 Å². The van der Waals surface area contributed by atoms with Gasteiger partial charge in [-0.2, -0.15) is 0 Å². The fraction of sp³-hybridized carbons (Fsp3) is 0.333. The molecule has 0 amide bonds. The molecule has 0 N–H and O–H groups in total. The first-order chi connectivity index (χ1) is 43.4. The van der Waals surface area contributed by atoms with Crippen LogP contribution in [0.1, 0.15) is 107 Å². The zero-order valence-electron chi connectivity index (χ0n) is 51.7. The Morgan fingerprint density at radius 1 is 0.247 bits per heavy atom. The van der Waals surface area contributed by atoms with Crippen LogP contribution in [0, 0.1) is 0 Å². The minimum absolute atomic E-state index is 0. The average Bonchev–Trinajstić information content (AvgIpc) is 1.81. The van der Waals surface area contributed by atoms with Gasteiger partial charge in [-0.1, -0.05) is 152 Å². The monoisotopic (exact) mass is 1240 g/mol. The van der Waals surface area contributed by atoms with Gasteiger partial charge in [0.15, 0.2) is 0 Å². The van der Waals surface area contributed by atoms with Crippen molar-refractivity contribution in [3.8, 4) is 91.5 Å². The number of fused-ring (bicyclic) bond motifs is 24. The molecule has 0 spiro atoms. The van der Waals surface area contributed by atoms with E-state index < -0.39 is 0 Å². The first-order valence-electron chi connectivity index (χ1n) is 31.5. The van der Waals surface area contributed by atoms with Gasteiger partial charge in [0.05, 0.1) is 98.4 Å². The molecule has 0 unspecified atom stereocenters. The van der Waals surface area contributed by atoms with Crippen molar-refractivity contribution in [2.24, 2.45) is 0 Å². The predicted molar refractivity (Wildman–Crippen MR) is 350 cm³/mol. The van der Waals surface area contributed by atoms with Crippen molar-refractivity contribution in [3.63, 3.8) is 0 Å². The number of aromatic nitrogens is 8. The van der Waals surface area contributed by atoms with Crippen LogP contribution in [0.3, 0.4) is 0 Å². The Balaban J connectivity index is 0.00000769. The van der Waals surface area contributed by atoms with Gasteiger partial charge in [-0.15, -0.1) is 0 Å². The molecule has 0 fully saturated rings. The minimum atomic E-state index is 0. The minimum Gasteiger partial charge on any atom is -0.492 e. The molecule has 16 nitrogen and oxygen atoms in total. The number of benzene rings is 8. The normalized spacial score (nSPS) is 11.8. The first kappa shape index (κ1) is 60.4. The molecule has 0 saturated heterocycles. The van der Waals surface area contributed by atoms with E-state index in [0.29, 0.717) is 143 Å². The van der Waals surface area contributed by atoms with E-state index in [0.717, 1.165) is 94.5 Å². The number of ether oxygens (including phenoxy) is 8. The van der Waals surface area contributed by atoms with Crippen LogP contribution in [0.15, 0.2) is 97.1 Å². The maximum absolute atomic E-state index is 6.96. The molecule has 89 heavy (non-hydrogen) atoms. The summed E-state index contributed by atoms with van der Waals surface area (Å²) in [6.45, 7) is 20.0. The molecule has 8 bridgehead atoms. The van der Waals surface area contributed by atoms with Crippen LogP contribution in [-0.2, 0) is 17.1 Å². The molecule has 3 aromatic heterocycles. The summed E-state index contributed by atoms with van der Waals surface area (Å²) < 4.78 is 55.7. The largest absolute Gasteiger partial charge is 2.00 e. The van der Waals surface area contributed by atoms with Crippen LogP contribution in [0.25, 0.3) is 133 Å². The summed E-state index contributed by atoms with van der Waals surface area (Å²) in [5.74, 6) is 5.81. The van der Waals surface area contributed by atoms with Crippen LogP contribution < -0.4 is 47.9 Å². The SMILES string of the molecule is CCCOc1c2c(c(OCCC)c3ccccc13)-c1nc-2nc2[n-]c(nc3nc(nc4[n-]c(n1)c1c(OCCC)c5ccccc5c(OCCC)c41)-c1c-3c(OCCC)c3ccccc3c1OCCC)c1c(OCCC)c3ccccc3c(OCCC)c21.[Cu+2].